The fraction of sp³-hybridized carbons (Fsp3) is 0.585. The van der Waals surface area contributed by atoms with E-state index in [1.54, 1.807) is 0 Å². The lowest BCUT2D eigenvalue weighted by atomic mass is 9.86. The summed E-state index contributed by atoms with van der Waals surface area (Å²) in [5, 5.41) is 34.7. The number of benzene rings is 3. The van der Waals surface area contributed by atoms with Crippen LogP contribution >= 0.6 is 0 Å². The number of allylic oxidation sites excluding steroid dienone is 1. The molecule has 3 aromatic heterocycles. The predicted molar refractivity (Wildman–Crippen MR) is 427 cm³/mol. The molecule has 3 saturated carbocycles. The van der Waals surface area contributed by atoms with Gasteiger partial charge in [0, 0.05) is 85.4 Å². The van der Waals surface area contributed by atoms with Crippen molar-refractivity contribution in [3.05, 3.63) is 119 Å². The molecule has 15 rings (SSSR count). The van der Waals surface area contributed by atoms with Crippen LogP contribution in [0.25, 0.3) is 0 Å². The Kier molecular flexibility index (Phi) is 25.3. The topological polar surface area (TPSA) is 370 Å². The minimum atomic E-state index is -0.692. The molecule has 588 valence electrons. The van der Waals surface area contributed by atoms with E-state index in [4.69, 9.17) is 32.7 Å². The Morgan fingerprint density at radius 3 is 1.05 bits per heavy atom. The van der Waals surface area contributed by atoms with Gasteiger partial charge in [0.05, 0.1) is 6.42 Å². The van der Waals surface area contributed by atoms with E-state index in [1.807, 2.05) is 62.1 Å². The molecule has 0 unspecified atom stereocenters. The maximum absolute atomic E-state index is 12.5. The summed E-state index contributed by atoms with van der Waals surface area (Å²) < 4.78 is 5.56. The molecule has 6 aromatic rings. The molecule has 9 heterocycles. The first-order chi connectivity index (χ1) is 53.0. The van der Waals surface area contributed by atoms with Crippen molar-refractivity contribution in [1.82, 2.24) is 60.2 Å². The van der Waals surface area contributed by atoms with Crippen LogP contribution in [0.5, 0.6) is 0 Å². The average Bonchev–Trinajstić information content (AvgIpc) is 1.54. The second-order valence-corrected chi connectivity index (χ2v) is 33.0. The van der Waals surface area contributed by atoms with Gasteiger partial charge in [-0.15, -0.1) is 30.6 Å². The van der Waals surface area contributed by atoms with E-state index in [-0.39, 0.29) is 70.7 Å². The Labute approximate surface area is 646 Å². The normalized spacial score (nSPS) is 23.4. The van der Waals surface area contributed by atoms with Crippen molar-refractivity contribution >= 4 is 81.8 Å². The van der Waals surface area contributed by atoms with Gasteiger partial charge in [0.15, 0.2) is 40.3 Å². The zero-order valence-corrected chi connectivity index (χ0v) is 65.1. The number of aromatic nitrogens is 9. The lowest BCUT2D eigenvalue weighted by molar-refractivity contribution is -0.156. The van der Waals surface area contributed by atoms with E-state index in [1.165, 1.54) is 139 Å². The second kappa shape index (κ2) is 35.3. The van der Waals surface area contributed by atoms with Crippen LogP contribution in [0.3, 0.4) is 0 Å². The Balaban J connectivity index is 0.000000146. The molecule has 9 aliphatic rings. The van der Waals surface area contributed by atoms with E-state index < -0.39 is 23.3 Å². The molecular weight excluding hydrogens is 1390 g/mol. The fourth-order valence-corrected chi connectivity index (χ4v) is 17.1. The lowest BCUT2D eigenvalue weighted by Crippen LogP contribution is -2.51. The third-order valence-corrected chi connectivity index (χ3v) is 24.1. The number of rotatable bonds is 23. The Morgan fingerprint density at radius 1 is 0.436 bits per heavy atom. The van der Waals surface area contributed by atoms with E-state index in [2.05, 4.69) is 145 Å². The summed E-state index contributed by atoms with van der Waals surface area (Å²) in [6.07, 6.45) is 23.2. The number of nitrogens with one attached hydrogen (secondary N) is 3. The zero-order chi connectivity index (χ0) is 77.3. The highest BCUT2D eigenvalue weighted by molar-refractivity contribution is 5.97. The van der Waals surface area contributed by atoms with Crippen molar-refractivity contribution in [2.75, 3.05) is 89.6 Å². The molecular formula is C82H114N22O6. The fourth-order valence-electron chi connectivity index (χ4n) is 17.1. The van der Waals surface area contributed by atoms with Crippen LogP contribution in [0.15, 0.2) is 85.5 Å². The van der Waals surface area contributed by atoms with E-state index >= 15 is 0 Å². The number of piperidine rings is 6. The summed E-state index contributed by atoms with van der Waals surface area (Å²) in [6, 6.07) is 27.9. The van der Waals surface area contributed by atoms with Gasteiger partial charge in [0.2, 0.25) is 17.8 Å². The summed E-state index contributed by atoms with van der Waals surface area (Å²) in [7, 11) is 0. The average molecular weight is 1500 g/mol. The number of hydrogen-bond acceptors (Lipinski definition) is 25. The number of amides is 3. The predicted octanol–water partition coefficient (Wildman–Crippen LogP) is 10.6. The standard InChI is InChI=1S/C30H43N7O3.C28H37N7O2.C24H34N8O/c1-19-22(18-25(38)40-30(2,3)4)6-5-15-37(19)29-33-28(26(27(31)39)34-35-29)32-23-9-7-20(8-10-23)21-13-16-36(17-14-21)24-11-12-24;1-3-24(36)17-21-5-4-14-35(18(21)2)28-31-27(25(26(29)37)32-33-28)30-22-8-6-19(7-9-22)20-12-15-34(16-13-20)23-10-11-23;1-15-20(25)3-2-12-32(15)24-28-23(21(22(26)33)29-30-24)27-18-6-4-16(5-7-18)17-10-13-31(14-11-17)19-8-9-19/h7-10,19,21-22,24H,5-6,11-18H2,1-4H3,(H2,31,39)(H,32,33,35);3,6-9,18,20-21,23H,1,4-5,10-17H2,2H3,(H2,29,37)(H,30,31,33);4-7,15,17,19-20H,2-3,8-14,25H2,1H3,(H2,26,33)(H,27,28,30)/t19-,22+;18-,21+;15-,20-/m111/s1. The SMILES string of the molecule is C=CC(=O)C[C@@H]1CCCN(c2nnc(C(N)=O)c(Nc3ccc(C4CCN(C5CC5)CC4)cc3)n2)[C@@H]1C.C[C@@H]1[C@H](CC(=O)OC(C)(C)C)CCCN1c1nnc(C(N)=O)c(Nc2ccc(C3CCN(C4CC4)CC3)cc2)n1.C[C@@H]1[C@H](N)CCCN1c1nnc(C(N)=O)c(Nc2ccc(C3CCN(C4CC4)CC3)cc2)n1. The van der Waals surface area contributed by atoms with Gasteiger partial charge in [0.25, 0.3) is 17.7 Å². The molecule has 3 amide bonds. The molecule has 6 saturated heterocycles. The van der Waals surface area contributed by atoms with E-state index in [0.717, 1.165) is 93.3 Å². The van der Waals surface area contributed by atoms with Crippen LogP contribution in [0.4, 0.5) is 52.4 Å². The highest BCUT2D eigenvalue weighted by Gasteiger charge is 2.39. The number of likely N-dealkylation sites (tertiary alicyclic amines) is 3. The number of esters is 1. The van der Waals surface area contributed by atoms with Crippen molar-refractivity contribution in [3.63, 3.8) is 0 Å². The van der Waals surface area contributed by atoms with Gasteiger partial charge in [-0.1, -0.05) is 43.0 Å². The smallest absolute Gasteiger partial charge is 0.306 e. The maximum atomic E-state index is 12.5. The van der Waals surface area contributed by atoms with Gasteiger partial charge in [-0.25, -0.2) is 0 Å². The van der Waals surface area contributed by atoms with Crippen LogP contribution in [-0.4, -0.2) is 197 Å². The number of carbonyl (C=O) groups is 5. The lowest BCUT2D eigenvalue weighted by Gasteiger charge is -2.39. The number of primary amides is 3. The summed E-state index contributed by atoms with van der Waals surface area (Å²) >= 11 is 0. The zero-order valence-electron chi connectivity index (χ0n) is 65.1. The molecule has 110 heavy (non-hydrogen) atoms. The minimum absolute atomic E-state index is 0.000891. The Morgan fingerprint density at radius 2 is 0.745 bits per heavy atom. The molecule has 3 aromatic carbocycles. The molecule has 0 radical (unpaired) electrons. The summed E-state index contributed by atoms with van der Waals surface area (Å²) in [5.41, 5.74) is 29.0. The Bertz CT molecular complexity index is 4170. The van der Waals surface area contributed by atoms with Gasteiger partial charge in [-0.3, -0.25) is 24.0 Å². The maximum Gasteiger partial charge on any atom is 0.306 e. The van der Waals surface area contributed by atoms with Crippen molar-refractivity contribution in [1.29, 1.82) is 0 Å². The largest absolute Gasteiger partial charge is 0.460 e. The summed E-state index contributed by atoms with van der Waals surface area (Å²) in [6.45, 7) is 24.9. The summed E-state index contributed by atoms with van der Waals surface area (Å²) in [5.74, 6) is 2.04. The third kappa shape index (κ3) is 20.2. The number of carbonyl (C=O) groups excluding carboxylic acids is 5. The number of nitrogens with zero attached hydrogens (tertiary/aromatic N) is 15. The van der Waals surface area contributed by atoms with Gasteiger partial charge in [0.1, 0.15) is 5.60 Å². The van der Waals surface area contributed by atoms with Crippen molar-refractivity contribution in [2.45, 2.75) is 236 Å². The highest BCUT2D eigenvalue weighted by Crippen LogP contribution is 2.40. The quantitative estimate of drug-likeness (QED) is 0.0231. The molecule has 28 nitrogen and oxygen atoms in total. The van der Waals surface area contributed by atoms with Crippen molar-refractivity contribution in [2.24, 2.45) is 34.8 Å². The molecule has 6 aliphatic heterocycles. The number of anilines is 9. The molecule has 9 fully saturated rings. The third-order valence-electron chi connectivity index (χ3n) is 24.1. The van der Waals surface area contributed by atoms with Crippen LogP contribution in [0.2, 0.25) is 0 Å². The van der Waals surface area contributed by atoms with E-state index in [0.29, 0.717) is 60.1 Å². The van der Waals surface area contributed by atoms with Crippen molar-refractivity contribution in [3.8, 4) is 0 Å². The molecule has 0 bridgehead atoms. The summed E-state index contributed by atoms with van der Waals surface area (Å²) in [4.78, 5) is 88.8. The first kappa shape index (κ1) is 78.7. The van der Waals surface area contributed by atoms with Gasteiger partial charge < -0.3 is 73.0 Å². The van der Waals surface area contributed by atoms with Crippen LogP contribution in [0.1, 0.15) is 236 Å². The highest BCUT2D eigenvalue weighted by atomic mass is 16.6. The monoisotopic (exact) mass is 1500 g/mol. The van der Waals surface area contributed by atoms with Gasteiger partial charge in [-0.05, 0) is 285 Å². The number of nitrogens with two attached hydrogens (primary N) is 4. The number of ketones is 1. The molecule has 0 spiro atoms. The number of hydrogen-bond donors (Lipinski definition) is 7. The first-order valence-corrected chi connectivity index (χ1v) is 40.4. The van der Waals surface area contributed by atoms with E-state index in [9.17, 15) is 24.0 Å². The van der Waals surface area contributed by atoms with Gasteiger partial charge >= 0.3 is 5.97 Å². The number of ether oxygens (including phenoxy) is 1. The van der Waals surface area contributed by atoms with Crippen molar-refractivity contribution < 1.29 is 28.7 Å². The first-order valence-electron chi connectivity index (χ1n) is 40.4. The van der Waals surface area contributed by atoms with Crippen LogP contribution in [-0.2, 0) is 14.3 Å². The minimum Gasteiger partial charge on any atom is -0.460 e. The molecule has 28 heteroatoms. The van der Waals surface area contributed by atoms with Crippen LogP contribution < -0.4 is 53.6 Å². The Hall–Kier alpha value is -9.38. The molecule has 6 atom stereocenters. The second-order valence-electron chi connectivity index (χ2n) is 33.0. The molecule has 11 N–H and O–H groups in total. The van der Waals surface area contributed by atoms with Gasteiger partial charge in [-0.2, -0.15) is 15.0 Å². The molecule has 3 aliphatic carbocycles. The van der Waals surface area contributed by atoms with Crippen LogP contribution in [0, 0.1) is 11.8 Å².